The number of carbonyl (C=O) groups excluding carboxylic acids is 1. The second kappa shape index (κ2) is 9.54. The Balaban J connectivity index is 1.24. The number of rotatable bonds is 8. The first-order chi connectivity index (χ1) is 16.2. The smallest absolute Gasteiger partial charge is 0.234 e. The summed E-state index contributed by atoms with van der Waals surface area (Å²) in [5.74, 6) is 1.51. The monoisotopic (exact) mass is 459 g/mol. The third-order valence-electron chi connectivity index (χ3n) is 5.74. The van der Waals surface area contributed by atoms with E-state index in [1.807, 2.05) is 41.8 Å². The molecule has 1 amide bonds. The number of amides is 1. The van der Waals surface area contributed by atoms with Crippen molar-refractivity contribution >= 4 is 29.0 Å². The summed E-state index contributed by atoms with van der Waals surface area (Å²) < 4.78 is 7.41. The van der Waals surface area contributed by atoms with Crippen LogP contribution < -0.4 is 10.2 Å². The summed E-state index contributed by atoms with van der Waals surface area (Å²) in [6, 6.07) is 20.2. The molecule has 0 atom stereocenters. The van der Waals surface area contributed by atoms with Crippen molar-refractivity contribution in [2.45, 2.75) is 31.6 Å². The molecule has 0 saturated heterocycles. The lowest BCUT2D eigenvalue weighted by Crippen LogP contribution is -2.22. The van der Waals surface area contributed by atoms with Crippen molar-refractivity contribution in [3.8, 4) is 11.6 Å². The zero-order valence-electron chi connectivity index (χ0n) is 18.4. The standard InChI is InChI=1S/C25H25N5O2S/c1-2-30-24(22-12-7-15-32-22)27-28-25(30)33-17-23(31)26-20-10-5-3-9-19(20)16-29-14-13-18-8-4-6-11-21(18)29/h3-12,15H,2,13-14,16-17H2,1H3,(H,26,31). The van der Waals surface area contributed by atoms with Crippen LogP contribution in [-0.4, -0.2) is 33.0 Å². The maximum atomic E-state index is 12.8. The summed E-state index contributed by atoms with van der Waals surface area (Å²) in [5, 5.41) is 12.3. The quantitative estimate of drug-likeness (QED) is 0.380. The van der Waals surface area contributed by atoms with Gasteiger partial charge in [-0.15, -0.1) is 10.2 Å². The topological polar surface area (TPSA) is 76.2 Å². The summed E-state index contributed by atoms with van der Waals surface area (Å²) in [6.45, 7) is 4.46. The van der Waals surface area contributed by atoms with Crippen molar-refractivity contribution in [3.05, 3.63) is 78.1 Å². The van der Waals surface area contributed by atoms with E-state index in [0.717, 1.165) is 30.8 Å². The average molecular weight is 460 g/mol. The van der Waals surface area contributed by atoms with Crippen LogP contribution in [0.3, 0.4) is 0 Å². The molecule has 1 aliphatic heterocycles. The molecule has 33 heavy (non-hydrogen) atoms. The van der Waals surface area contributed by atoms with E-state index in [4.69, 9.17) is 4.42 Å². The molecular weight excluding hydrogens is 434 g/mol. The largest absolute Gasteiger partial charge is 0.461 e. The van der Waals surface area contributed by atoms with Gasteiger partial charge in [0.2, 0.25) is 5.91 Å². The number of nitrogens with zero attached hydrogens (tertiary/aromatic N) is 4. The van der Waals surface area contributed by atoms with E-state index >= 15 is 0 Å². The van der Waals surface area contributed by atoms with Gasteiger partial charge in [0.25, 0.3) is 0 Å². The molecule has 0 saturated carbocycles. The van der Waals surface area contributed by atoms with E-state index in [2.05, 4.69) is 50.7 Å². The van der Waals surface area contributed by atoms with Crippen LogP contribution in [0, 0.1) is 0 Å². The lowest BCUT2D eigenvalue weighted by molar-refractivity contribution is -0.113. The van der Waals surface area contributed by atoms with E-state index in [-0.39, 0.29) is 11.7 Å². The number of carbonyl (C=O) groups is 1. The zero-order valence-corrected chi connectivity index (χ0v) is 19.2. The van der Waals surface area contributed by atoms with Gasteiger partial charge < -0.3 is 14.6 Å². The first-order valence-electron chi connectivity index (χ1n) is 11.0. The van der Waals surface area contributed by atoms with E-state index in [1.165, 1.54) is 23.0 Å². The highest BCUT2D eigenvalue weighted by Crippen LogP contribution is 2.30. The van der Waals surface area contributed by atoms with E-state index in [0.29, 0.717) is 23.3 Å². The number of hydrogen-bond acceptors (Lipinski definition) is 6. The summed E-state index contributed by atoms with van der Waals surface area (Å²) in [5.41, 5.74) is 4.61. The normalized spacial score (nSPS) is 12.7. The molecule has 1 aliphatic rings. The lowest BCUT2D eigenvalue weighted by atomic mass is 10.1. The van der Waals surface area contributed by atoms with Gasteiger partial charge in [-0.3, -0.25) is 9.36 Å². The van der Waals surface area contributed by atoms with Crippen LogP contribution in [0.1, 0.15) is 18.1 Å². The molecule has 4 aromatic rings. The average Bonchev–Trinajstić information content (AvgIpc) is 3.59. The van der Waals surface area contributed by atoms with Crippen molar-refractivity contribution in [1.29, 1.82) is 0 Å². The van der Waals surface area contributed by atoms with Crippen LogP contribution in [0.2, 0.25) is 0 Å². The number of benzene rings is 2. The third kappa shape index (κ3) is 4.52. The van der Waals surface area contributed by atoms with Crippen LogP contribution >= 0.6 is 11.8 Å². The van der Waals surface area contributed by atoms with Crippen molar-refractivity contribution < 1.29 is 9.21 Å². The number of anilines is 2. The SMILES string of the molecule is CCn1c(SCC(=O)Nc2ccccc2CN2CCc3ccccc32)nnc1-c1ccco1. The van der Waals surface area contributed by atoms with Gasteiger partial charge in [0, 0.05) is 31.0 Å². The molecule has 0 unspecified atom stereocenters. The molecule has 3 heterocycles. The lowest BCUT2D eigenvalue weighted by Gasteiger charge is -2.21. The van der Waals surface area contributed by atoms with Crippen molar-refractivity contribution in [3.63, 3.8) is 0 Å². The fraction of sp³-hybridized carbons (Fsp3) is 0.240. The van der Waals surface area contributed by atoms with Gasteiger partial charge >= 0.3 is 0 Å². The molecule has 0 spiro atoms. The minimum absolute atomic E-state index is 0.0699. The zero-order chi connectivity index (χ0) is 22.6. The Kier molecular flexibility index (Phi) is 6.17. The van der Waals surface area contributed by atoms with Crippen LogP contribution in [0.5, 0.6) is 0 Å². The first kappa shape index (κ1) is 21.3. The molecule has 0 bridgehead atoms. The Bertz CT molecular complexity index is 1250. The van der Waals surface area contributed by atoms with Crippen molar-refractivity contribution in [2.75, 3.05) is 22.5 Å². The van der Waals surface area contributed by atoms with Crippen molar-refractivity contribution in [1.82, 2.24) is 14.8 Å². The molecule has 0 radical (unpaired) electrons. The van der Waals surface area contributed by atoms with Crippen LogP contribution in [0.25, 0.3) is 11.6 Å². The van der Waals surface area contributed by atoms with Gasteiger partial charge in [0.05, 0.1) is 12.0 Å². The molecule has 0 fully saturated rings. The number of para-hydroxylation sites is 2. The number of furan rings is 1. The van der Waals surface area contributed by atoms with E-state index < -0.39 is 0 Å². The Hall–Kier alpha value is -3.52. The van der Waals surface area contributed by atoms with Crippen LogP contribution in [-0.2, 0) is 24.3 Å². The molecule has 0 aliphatic carbocycles. The maximum Gasteiger partial charge on any atom is 0.234 e. The predicted octanol–water partition coefficient (Wildman–Crippen LogP) is 4.85. The fourth-order valence-electron chi connectivity index (χ4n) is 4.14. The number of fused-ring (bicyclic) bond motifs is 1. The molecule has 5 rings (SSSR count). The van der Waals surface area contributed by atoms with Crippen molar-refractivity contribution in [2.24, 2.45) is 0 Å². The number of aromatic nitrogens is 3. The highest BCUT2D eigenvalue weighted by atomic mass is 32.2. The number of nitrogens with one attached hydrogen (secondary N) is 1. The molecular formula is C25H25N5O2S. The summed E-state index contributed by atoms with van der Waals surface area (Å²) in [6.07, 6.45) is 2.67. The summed E-state index contributed by atoms with van der Waals surface area (Å²) in [7, 11) is 0. The Morgan fingerprint density at radius 1 is 1.09 bits per heavy atom. The maximum absolute atomic E-state index is 12.8. The first-order valence-corrected chi connectivity index (χ1v) is 12.0. The Morgan fingerprint density at radius 3 is 2.79 bits per heavy atom. The van der Waals surface area contributed by atoms with Crippen LogP contribution in [0.15, 0.2) is 76.5 Å². The molecule has 8 heteroatoms. The second-order valence-corrected chi connectivity index (χ2v) is 8.76. The minimum Gasteiger partial charge on any atom is -0.461 e. The van der Waals surface area contributed by atoms with Gasteiger partial charge in [-0.2, -0.15) is 0 Å². The number of hydrogen-bond donors (Lipinski definition) is 1. The molecule has 2 aromatic carbocycles. The van der Waals surface area contributed by atoms with Gasteiger partial charge in [0.15, 0.2) is 16.7 Å². The van der Waals surface area contributed by atoms with Gasteiger partial charge in [0.1, 0.15) is 0 Å². The van der Waals surface area contributed by atoms with Gasteiger partial charge in [-0.25, -0.2) is 0 Å². The Labute approximate surface area is 196 Å². The minimum atomic E-state index is -0.0699. The third-order valence-corrected chi connectivity index (χ3v) is 6.71. The highest BCUT2D eigenvalue weighted by Gasteiger charge is 2.20. The fourth-order valence-corrected chi connectivity index (χ4v) is 4.94. The van der Waals surface area contributed by atoms with Gasteiger partial charge in [-0.1, -0.05) is 48.2 Å². The second-order valence-electron chi connectivity index (χ2n) is 7.82. The van der Waals surface area contributed by atoms with E-state index in [1.54, 1.807) is 6.26 Å². The van der Waals surface area contributed by atoms with Crippen LogP contribution in [0.4, 0.5) is 11.4 Å². The van der Waals surface area contributed by atoms with E-state index in [9.17, 15) is 4.79 Å². The predicted molar refractivity (Wildman–Crippen MR) is 130 cm³/mol. The molecule has 1 N–H and O–H groups in total. The molecule has 168 valence electrons. The molecule has 2 aromatic heterocycles. The summed E-state index contributed by atoms with van der Waals surface area (Å²) in [4.78, 5) is 15.2. The van der Waals surface area contributed by atoms with Gasteiger partial charge in [-0.05, 0) is 48.7 Å². The summed E-state index contributed by atoms with van der Waals surface area (Å²) >= 11 is 1.37. The highest BCUT2D eigenvalue weighted by molar-refractivity contribution is 7.99. The molecule has 7 nitrogen and oxygen atoms in total. The number of thioether (sulfide) groups is 1. The Morgan fingerprint density at radius 2 is 1.94 bits per heavy atom.